The molecule has 37 heavy (non-hydrogen) atoms. The normalized spacial score (nSPS) is 20.0. The van der Waals surface area contributed by atoms with Crippen LogP contribution in [0.1, 0.15) is 35.1 Å². The Hall–Kier alpha value is -2.54. The Labute approximate surface area is 232 Å². The van der Waals surface area contributed by atoms with Crippen molar-refractivity contribution in [1.29, 1.82) is 0 Å². The summed E-state index contributed by atoms with van der Waals surface area (Å²) < 4.78 is 3.44. The quantitative estimate of drug-likeness (QED) is 0.375. The summed E-state index contributed by atoms with van der Waals surface area (Å²) >= 11 is 3.67. The van der Waals surface area contributed by atoms with Crippen molar-refractivity contribution >= 4 is 48.6 Å². The van der Waals surface area contributed by atoms with E-state index in [1.807, 2.05) is 13.1 Å². The summed E-state index contributed by atoms with van der Waals surface area (Å²) in [7, 11) is 0.547. The standard InChI is InChI=1S/C31H39BrN4S/c1-8-27(32)31-34-28(26-15-10-9-12-22(26)2)20-29(35(31)5)33-21-25-16-18-36(19-17-25)37(6,7)30-23(3)13-11-14-24(30)4/h8-15,20,25,34H,1,6-7,16-19,21H2,2-5H3/b31-27+,33-29?. The van der Waals surface area contributed by atoms with Gasteiger partial charge < -0.3 is 10.2 Å². The first-order chi connectivity index (χ1) is 17.6. The summed E-state index contributed by atoms with van der Waals surface area (Å²) in [5.41, 5.74) is 6.05. The van der Waals surface area contributed by atoms with Gasteiger partial charge in [-0.25, -0.2) is 0 Å². The van der Waals surface area contributed by atoms with Gasteiger partial charge in [-0.3, -0.25) is 9.30 Å². The van der Waals surface area contributed by atoms with Gasteiger partial charge in [-0.2, -0.15) is 0 Å². The van der Waals surface area contributed by atoms with Gasteiger partial charge >= 0.3 is 0 Å². The molecule has 2 heterocycles. The van der Waals surface area contributed by atoms with E-state index in [-0.39, 0.29) is 0 Å². The van der Waals surface area contributed by atoms with Gasteiger partial charge in [-0.15, -0.1) is 9.39 Å². The number of benzene rings is 2. The molecular formula is C31H39BrN4S. The molecule has 0 atom stereocenters. The lowest BCUT2D eigenvalue weighted by atomic mass is 9.98. The maximum atomic E-state index is 5.13. The van der Waals surface area contributed by atoms with E-state index in [9.17, 15) is 0 Å². The van der Waals surface area contributed by atoms with E-state index in [1.165, 1.54) is 27.1 Å². The Morgan fingerprint density at radius 1 is 1.05 bits per heavy atom. The van der Waals surface area contributed by atoms with Crippen molar-refractivity contribution in [3.63, 3.8) is 0 Å². The largest absolute Gasteiger partial charge is 0.340 e. The Morgan fingerprint density at radius 2 is 1.68 bits per heavy atom. The average Bonchev–Trinajstić information content (AvgIpc) is 2.88. The third-order valence-electron chi connectivity index (χ3n) is 7.41. The van der Waals surface area contributed by atoms with E-state index in [0.29, 0.717) is 5.92 Å². The SMILES string of the molecule is C=C/C(Br)=C1/NC(c2ccccc2C)=CC(=NCC2CCN(S(=C)(=C)c3c(C)cccc3C)CC2)N1C. The van der Waals surface area contributed by atoms with Crippen LogP contribution in [0, 0.1) is 26.7 Å². The molecule has 0 unspecified atom stereocenters. The molecule has 2 aromatic carbocycles. The van der Waals surface area contributed by atoms with E-state index in [1.54, 1.807) is 0 Å². The van der Waals surface area contributed by atoms with Crippen LogP contribution in [-0.4, -0.2) is 53.5 Å². The van der Waals surface area contributed by atoms with Gasteiger partial charge in [-0.1, -0.05) is 66.9 Å². The van der Waals surface area contributed by atoms with Gasteiger partial charge in [0.15, 0.2) is 0 Å². The number of allylic oxidation sites excluding steroid dienone is 2. The van der Waals surface area contributed by atoms with Gasteiger partial charge in [0.1, 0.15) is 11.7 Å². The van der Waals surface area contributed by atoms with E-state index in [2.05, 4.69) is 118 Å². The fraction of sp³-hybridized carbons (Fsp3) is 0.323. The molecule has 1 fully saturated rings. The highest BCUT2D eigenvalue weighted by atomic mass is 79.9. The number of hydrogen-bond acceptors (Lipinski definition) is 3. The van der Waals surface area contributed by atoms with Crippen molar-refractivity contribution in [2.75, 3.05) is 26.7 Å². The topological polar surface area (TPSA) is 30.9 Å². The lowest BCUT2D eigenvalue weighted by Crippen LogP contribution is -2.38. The fourth-order valence-corrected chi connectivity index (χ4v) is 8.14. The summed E-state index contributed by atoms with van der Waals surface area (Å²) in [6.07, 6.45) is 6.19. The van der Waals surface area contributed by atoms with Crippen LogP contribution in [0.25, 0.3) is 5.70 Å². The molecule has 1 saturated heterocycles. The number of nitrogens with one attached hydrogen (secondary N) is 1. The first-order valence-corrected chi connectivity index (χ1v) is 15.5. The highest BCUT2D eigenvalue weighted by molar-refractivity contribution is 9.11. The maximum Gasteiger partial charge on any atom is 0.130 e. The molecule has 2 aliphatic rings. The van der Waals surface area contributed by atoms with Gasteiger partial charge in [0.25, 0.3) is 0 Å². The minimum atomic E-state index is -1.50. The van der Waals surface area contributed by atoms with Gasteiger partial charge in [0.05, 0.1) is 10.2 Å². The molecule has 2 aliphatic heterocycles. The average molecular weight is 580 g/mol. The number of piperidine rings is 1. The fourth-order valence-electron chi connectivity index (χ4n) is 5.27. The third-order valence-corrected chi connectivity index (χ3v) is 10.9. The van der Waals surface area contributed by atoms with Gasteiger partial charge in [-0.05, 0) is 72.2 Å². The van der Waals surface area contributed by atoms with Crippen molar-refractivity contribution in [1.82, 2.24) is 14.5 Å². The zero-order valence-electron chi connectivity index (χ0n) is 22.6. The summed E-state index contributed by atoms with van der Waals surface area (Å²) in [5, 5.41) is 3.58. The molecule has 0 radical (unpaired) electrons. The smallest absolute Gasteiger partial charge is 0.130 e. The molecule has 0 aliphatic carbocycles. The summed E-state index contributed by atoms with van der Waals surface area (Å²) in [6.45, 7) is 13.3. The molecule has 0 saturated carbocycles. The Bertz CT molecular complexity index is 1360. The minimum absolute atomic E-state index is 0.547. The van der Waals surface area contributed by atoms with Crippen LogP contribution in [0.15, 0.2) is 81.4 Å². The molecule has 0 bridgehead atoms. The van der Waals surface area contributed by atoms with Crippen LogP contribution in [-0.2, 0) is 0 Å². The Kier molecular flexibility index (Phi) is 8.52. The predicted octanol–water partition coefficient (Wildman–Crippen LogP) is 6.99. The van der Waals surface area contributed by atoms with Crippen LogP contribution in [0.3, 0.4) is 0 Å². The molecule has 6 heteroatoms. The summed E-state index contributed by atoms with van der Waals surface area (Å²) in [4.78, 5) is 8.57. The summed E-state index contributed by atoms with van der Waals surface area (Å²) in [6, 6.07) is 14.9. The number of aliphatic imine (C=N–C) groups is 1. The van der Waals surface area contributed by atoms with E-state index < -0.39 is 9.39 Å². The number of halogens is 1. The van der Waals surface area contributed by atoms with E-state index >= 15 is 0 Å². The third kappa shape index (κ3) is 5.82. The first kappa shape index (κ1) is 27.5. The number of hydrogen-bond donors (Lipinski definition) is 1. The lowest BCUT2D eigenvalue weighted by molar-refractivity contribution is 0.295. The van der Waals surface area contributed by atoms with E-state index in [0.717, 1.165) is 54.3 Å². The lowest BCUT2D eigenvalue weighted by Gasteiger charge is -2.38. The number of likely N-dealkylation sites (N-methyl/N-ethyl adjacent to an activating group) is 1. The van der Waals surface area contributed by atoms with Crippen molar-refractivity contribution in [3.05, 3.63) is 93.8 Å². The summed E-state index contributed by atoms with van der Waals surface area (Å²) in [5.74, 6) is 11.7. The van der Waals surface area contributed by atoms with Crippen molar-refractivity contribution < 1.29 is 0 Å². The zero-order valence-corrected chi connectivity index (χ0v) is 25.0. The number of rotatable bonds is 6. The van der Waals surface area contributed by atoms with Crippen molar-refractivity contribution in [2.45, 2.75) is 38.5 Å². The second-order valence-corrected chi connectivity index (χ2v) is 13.6. The highest BCUT2D eigenvalue weighted by Crippen LogP contribution is 2.42. The highest BCUT2D eigenvalue weighted by Gasteiger charge is 2.26. The van der Waals surface area contributed by atoms with Crippen LogP contribution in [0.4, 0.5) is 0 Å². The van der Waals surface area contributed by atoms with Crippen molar-refractivity contribution in [2.24, 2.45) is 10.9 Å². The van der Waals surface area contributed by atoms with Crippen LogP contribution in [0.5, 0.6) is 0 Å². The monoisotopic (exact) mass is 578 g/mol. The Morgan fingerprint density at radius 3 is 2.30 bits per heavy atom. The Balaban J connectivity index is 1.52. The number of aryl methyl sites for hydroxylation is 3. The second-order valence-electron chi connectivity index (χ2n) is 10.1. The van der Waals surface area contributed by atoms with Crippen LogP contribution in [0.2, 0.25) is 0 Å². The zero-order chi connectivity index (χ0) is 26.7. The van der Waals surface area contributed by atoms with Crippen LogP contribution < -0.4 is 5.32 Å². The molecule has 1 N–H and O–H groups in total. The maximum absolute atomic E-state index is 5.13. The molecule has 4 nitrogen and oxygen atoms in total. The predicted molar refractivity (Wildman–Crippen MR) is 169 cm³/mol. The van der Waals surface area contributed by atoms with Gasteiger partial charge in [0, 0.05) is 43.2 Å². The molecule has 4 rings (SSSR count). The molecule has 196 valence electrons. The molecule has 2 aromatic rings. The van der Waals surface area contributed by atoms with Crippen molar-refractivity contribution in [3.8, 4) is 0 Å². The molecule has 0 aromatic heterocycles. The first-order valence-electron chi connectivity index (χ1n) is 12.8. The van der Waals surface area contributed by atoms with Gasteiger partial charge in [0.2, 0.25) is 0 Å². The molecule has 0 amide bonds. The molecule has 0 spiro atoms. The van der Waals surface area contributed by atoms with E-state index in [4.69, 9.17) is 4.99 Å². The second kappa shape index (κ2) is 11.5. The van der Waals surface area contributed by atoms with Crippen LogP contribution >= 0.6 is 25.3 Å². The number of nitrogens with zero attached hydrogens (tertiary/aromatic N) is 3. The minimum Gasteiger partial charge on any atom is -0.340 e. The number of amidine groups is 1. The molecular weight excluding hydrogens is 540 g/mol.